The molecule has 0 radical (unpaired) electrons. The molecule has 1 saturated heterocycles. The summed E-state index contributed by atoms with van der Waals surface area (Å²) in [6, 6.07) is 11.0. The fourth-order valence-corrected chi connectivity index (χ4v) is 4.48. The number of hydrogen-bond acceptors (Lipinski definition) is 6. The number of hydrogen-bond donors (Lipinski definition) is 2. The molecule has 0 spiro atoms. The van der Waals surface area contributed by atoms with Gasteiger partial charge in [0.25, 0.3) is 5.91 Å². The normalized spacial score (nSPS) is 15.4. The van der Waals surface area contributed by atoms with Gasteiger partial charge in [-0.05, 0) is 83.3 Å². The van der Waals surface area contributed by atoms with E-state index >= 15 is 0 Å². The quantitative estimate of drug-likeness (QED) is 0.601. The molecule has 7 heteroatoms. The van der Waals surface area contributed by atoms with Gasteiger partial charge in [0.05, 0.1) is 12.7 Å². The Morgan fingerprint density at radius 2 is 1.91 bits per heavy atom. The summed E-state index contributed by atoms with van der Waals surface area (Å²) in [5.41, 5.74) is 2.45. The molecule has 0 aliphatic carbocycles. The van der Waals surface area contributed by atoms with E-state index in [1.54, 1.807) is 50.4 Å². The molecule has 1 aromatic heterocycles. The first-order valence-corrected chi connectivity index (χ1v) is 11.0. The molecule has 0 atom stereocenters. The number of likely N-dealkylation sites (tertiary alicyclic amines) is 1. The monoisotopic (exact) mass is 437 g/mol. The van der Waals surface area contributed by atoms with Crippen LogP contribution in [0.1, 0.15) is 34.5 Å². The number of benzene rings is 2. The summed E-state index contributed by atoms with van der Waals surface area (Å²) in [4.78, 5) is 17.9. The molecule has 2 N–H and O–H groups in total. The van der Waals surface area contributed by atoms with Crippen molar-refractivity contribution in [2.75, 3.05) is 39.6 Å². The van der Waals surface area contributed by atoms with Crippen molar-refractivity contribution in [3.05, 3.63) is 53.3 Å². The van der Waals surface area contributed by atoms with E-state index in [1.165, 1.54) is 0 Å². The standard InChI is InChI=1S/C25H31N3O4/c1-16-23(25(30)26-17-5-7-19(31-4)8-6-17)24-20(21(29)9-10-22(24)32-16)15-28(3)18-11-13-27(2)14-12-18/h5-10,18,29H,11-15H2,1-4H3,(H,26,30). The summed E-state index contributed by atoms with van der Waals surface area (Å²) < 4.78 is 11.1. The van der Waals surface area contributed by atoms with Gasteiger partial charge in [-0.2, -0.15) is 0 Å². The molecule has 4 rings (SSSR count). The highest BCUT2D eigenvalue weighted by molar-refractivity contribution is 6.14. The molecule has 1 aliphatic heterocycles. The molecule has 2 heterocycles. The van der Waals surface area contributed by atoms with Crippen molar-refractivity contribution < 1.29 is 19.1 Å². The number of methoxy groups -OCH3 is 1. The lowest BCUT2D eigenvalue weighted by atomic mass is 10.00. The van der Waals surface area contributed by atoms with Crippen molar-refractivity contribution in [2.24, 2.45) is 0 Å². The van der Waals surface area contributed by atoms with Crippen LogP contribution in [0.5, 0.6) is 11.5 Å². The highest BCUT2D eigenvalue weighted by atomic mass is 16.5. The number of rotatable bonds is 6. The van der Waals surface area contributed by atoms with Crippen molar-refractivity contribution in [1.82, 2.24) is 9.80 Å². The van der Waals surface area contributed by atoms with Crippen molar-refractivity contribution >= 4 is 22.6 Å². The van der Waals surface area contributed by atoms with Gasteiger partial charge in [-0.1, -0.05) is 0 Å². The lowest BCUT2D eigenvalue weighted by Crippen LogP contribution is -2.41. The molecule has 2 aromatic carbocycles. The van der Waals surface area contributed by atoms with Gasteiger partial charge >= 0.3 is 0 Å². The molecule has 0 bridgehead atoms. The summed E-state index contributed by atoms with van der Waals surface area (Å²) in [6.07, 6.45) is 2.16. The molecule has 1 aliphatic rings. The fraction of sp³-hybridized carbons (Fsp3) is 0.400. The minimum Gasteiger partial charge on any atom is -0.508 e. The number of amides is 1. The van der Waals surface area contributed by atoms with E-state index in [0.29, 0.717) is 40.6 Å². The summed E-state index contributed by atoms with van der Waals surface area (Å²) in [7, 11) is 5.83. The number of fused-ring (bicyclic) bond motifs is 1. The van der Waals surface area contributed by atoms with E-state index in [1.807, 2.05) is 0 Å². The smallest absolute Gasteiger partial charge is 0.259 e. The van der Waals surface area contributed by atoms with Crippen LogP contribution in [0.2, 0.25) is 0 Å². The number of phenolic OH excluding ortho intramolecular Hbond substituents is 1. The lowest BCUT2D eigenvalue weighted by molar-refractivity contribution is 0.102. The van der Waals surface area contributed by atoms with Gasteiger partial charge in [0.2, 0.25) is 0 Å². The molecule has 3 aromatic rings. The second-order valence-corrected chi connectivity index (χ2v) is 8.60. The van der Waals surface area contributed by atoms with Crippen LogP contribution in [0.15, 0.2) is 40.8 Å². The zero-order valence-electron chi connectivity index (χ0n) is 19.1. The summed E-state index contributed by atoms with van der Waals surface area (Å²) in [6.45, 7) is 4.45. The van der Waals surface area contributed by atoms with Crippen molar-refractivity contribution in [1.29, 1.82) is 0 Å². The third-order valence-corrected chi connectivity index (χ3v) is 6.41. The predicted octanol–water partition coefficient (Wildman–Crippen LogP) is 4.23. The number of aromatic hydroxyl groups is 1. The maximum absolute atomic E-state index is 13.2. The van der Waals surface area contributed by atoms with Gasteiger partial charge in [0.15, 0.2) is 0 Å². The maximum atomic E-state index is 13.2. The number of carbonyl (C=O) groups is 1. The Balaban J connectivity index is 1.65. The van der Waals surface area contributed by atoms with E-state index < -0.39 is 0 Å². The summed E-state index contributed by atoms with van der Waals surface area (Å²) >= 11 is 0. The Labute approximate surface area is 188 Å². The van der Waals surface area contributed by atoms with Crippen LogP contribution in [0, 0.1) is 6.92 Å². The van der Waals surface area contributed by atoms with E-state index in [9.17, 15) is 9.90 Å². The maximum Gasteiger partial charge on any atom is 0.259 e. The average molecular weight is 438 g/mol. The number of carbonyl (C=O) groups excluding carboxylic acids is 1. The number of anilines is 1. The minimum absolute atomic E-state index is 0.177. The second kappa shape index (κ2) is 9.22. The van der Waals surface area contributed by atoms with Gasteiger partial charge < -0.3 is 24.5 Å². The first-order chi connectivity index (χ1) is 15.4. The molecular weight excluding hydrogens is 406 g/mol. The Hall–Kier alpha value is -3.03. The molecule has 7 nitrogen and oxygen atoms in total. The highest BCUT2D eigenvalue weighted by Gasteiger charge is 2.26. The largest absolute Gasteiger partial charge is 0.508 e. The first-order valence-electron chi connectivity index (χ1n) is 11.0. The number of aryl methyl sites for hydroxylation is 1. The van der Waals surface area contributed by atoms with Gasteiger partial charge in [0, 0.05) is 29.2 Å². The molecule has 1 fully saturated rings. The van der Waals surface area contributed by atoms with Crippen LogP contribution in [0.4, 0.5) is 5.69 Å². The number of furan rings is 1. The topological polar surface area (TPSA) is 78.2 Å². The van der Waals surface area contributed by atoms with Crippen LogP contribution in [0.3, 0.4) is 0 Å². The summed E-state index contributed by atoms with van der Waals surface area (Å²) in [5, 5.41) is 14.4. The first kappa shape index (κ1) is 22.2. The Morgan fingerprint density at radius 1 is 1.22 bits per heavy atom. The molecule has 0 saturated carbocycles. The van der Waals surface area contributed by atoms with Crippen LogP contribution in [0.25, 0.3) is 11.0 Å². The van der Waals surface area contributed by atoms with Crippen molar-refractivity contribution in [2.45, 2.75) is 32.4 Å². The van der Waals surface area contributed by atoms with Crippen LogP contribution in [-0.4, -0.2) is 61.2 Å². The van der Waals surface area contributed by atoms with Crippen LogP contribution >= 0.6 is 0 Å². The van der Waals surface area contributed by atoms with Crippen LogP contribution < -0.4 is 10.1 Å². The molecule has 0 unspecified atom stereocenters. The molecule has 170 valence electrons. The van der Waals surface area contributed by atoms with E-state index in [-0.39, 0.29) is 11.7 Å². The van der Waals surface area contributed by atoms with Gasteiger partial charge in [-0.15, -0.1) is 0 Å². The Bertz CT molecular complexity index is 1100. The molecule has 1 amide bonds. The van der Waals surface area contributed by atoms with Crippen molar-refractivity contribution in [3.8, 4) is 11.5 Å². The third kappa shape index (κ3) is 4.45. The average Bonchev–Trinajstić information content (AvgIpc) is 3.13. The van der Waals surface area contributed by atoms with E-state index in [4.69, 9.17) is 9.15 Å². The van der Waals surface area contributed by atoms with Gasteiger partial charge in [0.1, 0.15) is 22.8 Å². The zero-order valence-corrected chi connectivity index (χ0v) is 19.1. The number of piperidine rings is 1. The Kier molecular flexibility index (Phi) is 6.39. The second-order valence-electron chi connectivity index (χ2n) is 8.60. The third-order valence-electron chi connectivity index (χ3n) is 6.41. The fourth-order valence-electron chi connectivity index (χ4n) is 4.48. The predicted molar refractivity (Wildman–Crippen MR) is 126 cm³/mol. The highest BCUT2D eigenvalue weighted by Crippen LogP contribution is 2.35. The SMILES string of the molecule is COc1ccc(NC(=O)c2c(C)oc3ccc(O)c(CN(C)C4CCN(C)CC4)c23)cc1. The minimum atomic E-state index is -0.264. The van der Waals surface area contributed by atoms with Crippen molar-refractivity contribution in [3.63, 3.8) is 0 Å². The zero-order chi connectivity index (χ0) is 22.8. The molecular formula is C25H31N3O4. The molecule has 32 heavy (non-hydrogen) atoms. The number of ether oxygens (including phenoxy) is 1. The van der Waals surface area contributed by atoms with E-state index in [2.05, 4.69) is 29.2 Å². The van der Waals surface area contributed by atoms with E-state index in [0.717, 1.165) is 37.2 Å². The number of phenols is 1. The Morgan fingerprint density at radius 3 is 2.56 bits per heavy atom. The number of nitrogens with zero attached hydrogens (tertiary/aromatic N) is 2. The number of nitrogens with one attached hydrogen (secondary N) is 1. The van der Waals surface area contributed by atoms with Gasteiger partial charge in [-0.3, -0.25) is 9.69 Å². The summed E-state index contributed by atoms with van der Waals surface area (Å²) in [5.74, 6) is 1.16. The lowest BCUT2D eigenvalue weighted by Gasteiger charge is -2.35. The van der Waals surface area contributed by atoms with Gasteiger partial charge in [-0.25, -0.2) is 0 Å². The van der Waals surface area contributed by atoms with Crippen LogP contribution in [-0.2, 0) is 6.54 Å².